The van der Waals surface area contributed by atoms with Crippen molar-refractivity contribution in [2.75, 3.05) is 13.7 Å². The summed E-state index contributed by atoms with van der Waals surface area (Å²) < 4.78 is 10.8. The van der Waals surface area contributed by atoms with Crippen molar-refractivity contribution in [1.29, 1.82) is 0 Å². The summed E-state index contributed by atoms with van der Waals surface area (Å²) in [5.41, 5.74) is 0.540. The summed E-state index contributed by atoms with van der Waals surface area (Å²) in [5, 5.41) is 1.87. The Balaban J connectivity index is 1.74. The lowest BCUT2D eigenvalue weighted by Crippen LogP contribution is -2.19. The molecule has 23 heavy (non-hydrogen) atoms. The van der Waals surface area contributed by atoms with Gasteiger partial charge in [-0.15, -0.1) is 0 Å². The van der Waals surface area contributed by atoms with Gasteiger partial charge in [0.15, 0.2) is 0 Å². The first-order valence-corrected chi connectivity index (χ1v) is 8.27. The van der Waals surface area contributed by atoms with E-state index in [1.54, 1.807) is 12.3 Å². The number of esters is 1. The van der Waals surface area contributed by atoms with Gasteiger partial charge in [0.05, 0.1) is 19.3 Å². The van der Waals surface area contributed by atoms with E-state index >= 15 is 0 Å². The first kappa shape index (κ1) is 15.8. The number of aromatic nitrogens is 1. The van der Waals surface area contributed by atoms with Crippen molar-refractivity contribution in [3.8, 4) is 5.88 Å². The molecule has 1 fully saturated rings. The van der Waals surface area contributed by atoms with Crippen LogP contribution in [-0.4, -0.2) is 24.7 Å². The molecular formula is C19H23NO3. The van der Waals surface area contributed by atoms with Crippen molar-refractivity contribution < 1.29 is 14.3 Å². The van der Waals surface area contributed by atoms with Crippen molar-refractivity contribution in [3.05, 3.63) is 36.0 Å². The Labute approximate surface area is 136 Å². The summed E-state index contributed by atoms with van der Waals surface area (Å²) >= 11 is 0. The molecule has 0 atom stereocenters. The maximum absolute atomic E-state index is 11.6. The fourth-order valence-electron chi connectivity index (χ4n) is 3.20. The van der Waals surface area contributed by atoms with Gasteiger partial charge < -0.3 is 9.47 Å². The molecule has 0 aliphatic heterocycles. The van der Waals surface area contributed by atoms with E-state index in [-0.39, 0.29) is 5.97 Å². The third-order valence-corrected chi connectivity index (χ3v) is 4.74. The fraction of sp³-hybridized carbons (Fsp3) is 0.474. The first-order chi connectivity index (χ1) is 11.2. The predicted octanol–water partition coefficient (Wildman–Crippen LogP) is 4.23. The number of pyridine rings is 1. The molecule has 1 aromatic carbocycles. The zero-order valence-corrected chi connectivity index (χ0v) is 13.7. The monoisotopic (exact) mass is 313 g/mol. The number of methoxy groups -OCH3 is 1. The van der Waals surface area contributed by atoms with Gasteiger partial charge in [0, 0.05) is 11.6 Å². The average molecular weight is 313 g/mol. The summed E-state index contributed by atoms with van der Waals surface area (Å²) in [6.07, 6.45) is 6.78. The molecule has 0 unspecified atom stereocenters. The van der Waals surface area contributed by atoms with Crippen molar-refractivity contribution in [1.82, 2.24) is 4.98 Å². The molecule has 1 aliphatic rings. The van der Waals surface area contributed by atoms with Gasteiger partial charge in [-0.25, -0.2) is 9.78 Å². The van der Waals surface area contributed by atoms with Crippen LogP contribution in [0.3, 0.4) is 0 Å². The van der Waals surface area contributed by atoms with E-state index in [9.17, 15) is 4.79 Å². The second-order valence-electron chi connectivity index (χ2n) is 6.48. The number of rotatable bonds is 4. The molecule has 1 saturated carbocycles. The molecule has 122 valence electrons. The van der Waals surface area contributed by atoms with Crippen molar-refractivity contribution in [2.24, 2.45) is 11.8 Å². The maximum atomic E-state index is 11.6. The van der Waals surface area contributed by atoms with Crippen LogP contribution in [0.15, 0.2) is 30.5 Å². The molecule has 0 amide bonds. The van der Waals surface area contributed by atoms with Crippen LogP contribution < -0.4 is 4.74 Å². The number of carbonyl (C=O) groups is 1. The van der Waals surface area contributed by atoms with Crippen LogP contribution in [0.5, 0.6) is 5.88 Å². The molecule has 3 rings (SSSR count). The SMILES string of the molecule is COC(=O)c1ccc2c(OCC3CCC(C)CC3)nccc2c1. The molecule has 0 spiro atoms. The smallest absolute Gasteiger partial charge is 0.337 e. The van der Waals surface area contributed by atoms with Gasteiger partial charge >= 0.3 is 5.97 Å². The van der Waals surface area contributed by atoms with E-state index in [4.69, 9.17) is 9.47 Å². The van der Waals surface area contributed by atoms with E-state index in [2.05, 4.69) is 11.9 Å². The third kappa shape index (κ3) is 3.63. The molecule has 1 aromatic heterocycles. The highest BCUT2D eigenvalue weighted by Crippen LogP contribution is 2.30. The number of carbonyl (C=O) groups excluding carboxylic acids is 1. The molecule has 4 heteroatoms. The van der Waals surface area contributed by atoms with Gasteiger partial charge in [-0.05, 0) is 54.3 Å². The average Bonchev–Trinajstić information content (AvgIpc) is 2.60. The fourth-order valence-corrected chi connectivity index (χ4v) is 3.20. The number of nitrogens with zero attached hydrogens (tertiary/aromatic N) is 1. The van der Waals surface area contributed by atoms with Gasteiger partial charge in [-0.2, -0.15) is 0 Å². The standard InChI is InChI=1S/C19H23NO3/c1-13-3-5-14(6-4-13)12-23-18-17-8-7-16(19(21)22-2)11-15(17)9-10-20-18/h7-11,13-14H,3-6,12H2,1-2H3. The van der Waals surface area contributed by atoms with E-state index in [0.29, 0.717) is 17.4 Å². The molecule has 0 N–H and O–H groups in total. The highest BCUT2D eigenvalue weighted by molar-refractivity contribution is 5.96. The first-order valence-electron chi connectivity index (χ1n) is 8.27. The number of hydrogen-bond acceptors (Lipinski definition) is 4. The minimum atomic E-state index is -0.331. The molecule has 4 nitrogen and oxygen atoms in total. The van der Waals surface area contributed by atoms with E-state index < -0.39 is 0 Å². The number of fused-ring (bicyclic) bond motifs is 1. The Hall–Kier alpha value is -2.10. The quantitative estimate of drug-likeness (QED) is 0.793. The second-order valence-corrected chi connectivity index (χ2v) is 6.48. The molecule has 0 saturated heterocycles. The topological polar surface area (TPSA) is 48.4 Å². The summed E-state index contributed by atoms with van der Waals surface area (Å²) in [6.45, 7) is 3.04. The minimum Gasteiger partial charge on any atom is -0.477 e. The largest absolute Gasteiger partial charge is 0.477 e. The van der Waals surface area contributed by atoms with Crippen LogP contribution in [0.1, 0.15) is 43.0 Å². The van der Waals surface area contributed by atoms with Crippen LogP contribution in [0.2, 0.25) is 0 Å². The van der Waals surface area contributed by atoms with Gasteiger partial charge in [-0.1, -0.05) is 19.8 Å². The molecular weight excluding hydrogens is 290 g/mol. The zero-order chi connectivity index (χ0) is 16.2. The Morgan fingerprint density at radius 1 is 1.22 bits per heavy atom. The summed E-state index contributed by atoms with van der Waals surface area (Å²) in [5.74, 6) is 1.79. The van der Waals surface area contributed by atoms with Crippen LogP contribution in [0.25, 0.3) is 10.8 Å². The zero-order valence-electron chi connectivity index (χ0n) is 13.7. The van der Waals surface area contributed by atoms with E-state index in [1.165, 1.54) is 32.8 Å². The van der Waals surface area contributed by atoms with Crippen molar-refractivity contribution >= 4 is 16.7 Å². The highest BCUT2D eigenvalue weighted by atomic mass is 16.5. The van der Waals surface area contributed by atoms with Crippen LogP contribution in [0, 0.1) is 11.8 Å². The number of benzene rings is 1. The Morgan fingerprint density at radius 2 is 2.00 bits per heavy atom. The summed E-state index contributed by atoms with van der Waals surface area (Å²) in [4.78, 5) is 16.0. The molecule has 1 heterocycles. The lowest BCUT2D eigenvalue weighted by atomic mass is 9.83. The Kier molecular flexibility index (Phi) is 4.79. The van der Waals surface area contributed by atoms with E-state index in [1.807, 2.05) is 18.2 Å². The van der Waals surface area contributed by atoms with Crippen LogP contribution >= 0.6 is 0 Å². The lowest BCUT2D eigenvalue weighted by Gasteiger charge is -2.25. The second kappa shape index (κ2) is 6.99. The van der Waals surface area contributed by atoms with Crippen LogP contribution in [0.4, 0.5) is 0 Å². The Bertz CT molecular complexity index is 690. The van der Waals surface area contributed by atoms with Crippen LogP contribution in [-0.2, 0) is 4.74 Å². The summed E-state index contributed by atoms with van der Waals surface area (Å²) in [6, 6.07) is 7.34. The molecule has 0 bridgehead atoms. The van der Waals surface area contributed by atoms with Gasteiger partial charge in [-0.3, -0.25) is 0 Å². The lowest BCUT2D eigenvalue weighted by molar-refractivity contribution is 0.0601. The van der Waals surface area contributed by atoms with E-state index in [0.717, 1.165) is 23.3 Å². The number of hydrogen-bond donors (Lipinski definition) is 0. The third-order valence-electron chi connectivity index (χ3n) is 4.74. The van der Waals surface area contributed by atoms with Crippen molar-refractivity contribution in [2.45, 2.75) is 32.6 Å². The molecule has 0 radical (unpaired) electrons. The highest BCUT2D eigenvalue weighted by Gasteiger charge is 2.19. The minimum absolute atomic E-state index is 0.331. The molecule has 1 aliphatic carbocycles. The normalized spacial score (nSPS) is 21.1. The number of ether oxygens (including phenoxy) is 2. The van der Waals surface area contributed by atoms with Crippen molar-refractivity contribution in [3.63, 3.8) is 0 Å². The van der Waals surface area contributed by atoms with Gasteiger partial charge in [0.1, 0.15) is 0 Å². The predicted molar refractivity (Wildman–Crippen MR) is 89.7 cm³/mol. The maximum Gasteiger partial charge on any atom is 0.337 e. The van der Waals surface area contributed by atoms with Gasteiger partial charge in [0.2, 0.25) is 5.88 Å². The molecule has 2 aromatic rings. The summed E-state index contributed by atoms with van der Waals surface area (Å²) in [7, 11) is 1.39. The Morgan fingerprint density at radius 3 is 2.74 bits per heavy atom. The van der Waals surface area contributed by atoms with Gasteiger partial charge in [0.25, 0.3) is 0 Å².